The largest absolute Gasteiger partial charge is 0.444 e. The molecule has 0 saturated carbocycles. The van der Waals surface area contributed by atoms with Gasteiger partial charge in [0.2, 0.25) is 4.71 Å². The van der Waals surface area contributed by atoms with Crippen LogP contribution in [0.25, 0.3) is 11.0 Å². The lowest BCUT2D eigenvalue weighted by molar-refractivity contribution is 0.103. The number of benzene rings is 2. The lowest BCUT2D eigenvalue weighted by Gasteiger charge is -2.04. The maximum atomic E-state index is 12.5. The smallest absolute Gasteiger partial charge is 0.202 e. The van der Waals surface area contributed by atoms with Crippen molar-refractivity contribution in [2.45, 2.75) is 0 Å². The van der Waals surface area contributed by atoms with Gasteiger partial charge in [-0.15, -0.1) is 0 Å². The third-order valence-corrected chi connectivity index (χ3v) is 3.77. The van der Waals surface area contributed by atoms with Gasteiger partial charge in [-0.2, -0.15) is 0 Å². The van der Waals surface area contributed by atoms with Crippen molar-refractivity contribution in [1.29, 1.82) is 0 Å². The zero-order valence-corrected chi connectivity index (χ0v) is 12.7. The molecule has 0 amide bonds. The summed E-state index contributed by atoms with van der Waals surface area (Å²) in [4.78, 5) is 12.5. The number of carbonyl (C=O) groups is 1. The van der Waals surface area contributed by atoms with Crippen molar-refractivity contribution in [1.82, 2.24) is 0 Å². The van der Waals surface area contributed by atoms with E-state index in [1.54, 1.807) is 18.2 Å². The van der Waals surface area contributed by atoms with Crippen LogP contribution in [0, 0.1) is 4.71 Å². The zero-order valence-electron chi connectivity index (χ0n) is 10.3. The van der Waals surface area contributed by atoms with Gasteiger partial charge in [-0.25, -0.2) is 0 Å². The Morgan fingerprint density at radius 3 is 2.55 bits per heavy atom. The highest BCUT2D eigenvalue weighted by molar-refractivity contribution is 9.10. The minimum Gasteiger partial charge on any atom is -0.444 e. The SMILES string of the molecule is O=C(c1ccccc1)c1cc2cc(Br)ccc2oc1=S. The highest BCUT2D eigenvalue weighted by atomic mass is 79.9. The summed E-state index contributed by atoms with van der Waals surface area (Å²) >= 11 is 8.59. The molecule has 1 heterocycles. The fraction of sp³-hybridized carbons (Fsp3) is 0. The monoisotopic (exact) mass is 344 g/mol. The molecule has 0 radical (unpaired) electrons. The van der Waals surface area contributed by atoms with E-state index in [-0.39, 0.29) is 10.5 Å². The van der Waals surface area contributed by atoms with E-state index in [1.807, 2.05) is 36.4 Å². The standard InChI is InChI=1S/C16H9BrO2S/c17-12-6-7-14-11(8-12)9-13(16(20)19-14)15(18)10-4-2-1-3-5-10/h1-9H. The van der Waals surface area contributed by atoms with Crippen molar-refractivity contribution in [2.24, 2.45) is 0 Å². The molecular weight excluding hydrogens is 336 g/mol. The second-order valence-electron chi connectivity index (χ2n) is 4.32. The molecule has 98 valence electrons. The fourth-order valence-corrected chi connectivity index (χ4v) is 2.62. The van der Waals surface area contributed by atoms with Gasteiger partial charge in [-0.05, 0) is 36.5 Å². The highest BCUT2D eigenvalue weighted by Gasteiger charge is 2.13. The third kappa shape index (κ3) is 2.44. The van der Waals surface area contributed by atoms with Gasteiger partial charge in [0.05, 0.1) is 5.56 Å². The van der Waals surface area contributed by atoms with E-state index >= 15 is 0 Å². The summed E-state index contributed by atoms with van der Waals surface area (Å²) in [6.07, 6.45) is 0. The number of fused-ring (bicyclic) bond motifs is 1. The van der Waals surface area contributed by atoms with Gasteiger partial charge < -0.3 is 4.42 Å². The Bertz CT molecular complexity index is 853. The lowest BCUT2D eigenvalue weighted by atomic mass is 10.0. The summed E-state index contributed by atoms with van der Waals surface area (Å²) in [5.41, 5.74) is 1.68. The van der Waals surface area contributed by atoms with Crippen LogP contribution in [0.4, 0.5) is 0 Å². The van der Waals surface area contributed by atoms with Crippen molar-refractivity contribution in [3.05, 3.63) is 74.9 Å². The molecule has 0 fully saturated rings. The molecule has 0 bridgehead atoms. The highest BCUT2D eigenvalue weighted by Crippen LogP contribution is 2.23. The number of hydrogen-bond acceptors (Lipinski definition) is 3. The van der Waals surface area contributed by atoms with Crippen LogP contribution in [0.2, 0.25) is 0 Å². The Labute approximate surface area is 129 Å². The molecule has 4 heteroatoms. The second kappa shape index (κ2) is 5.31. The molecular formula is C16H9BrO2S. The number of carbonyl (C=O) groups excluding carboxylic acids is 1. The van der Waals surface area contributed by atoms with Gasteiger partial charge in [0, 0.05) is 15.4 Å². The molecule has 3 aromatic rings. The number of hydrogen-bond donors (Lipinski definition) is 0. The molecule has 0 spiro atoms. The quantitative estimate of drug-likeness (QED) is 0.475. The van der Waals surface area contributed by atoms with Gasteiger partial charge in [-0.1, -0.05) is 46.3 Å². The summed E-state index contributed by atoms with van der Waals surface area (Å²) in [5.74, 6) is -0.124. The van der Waals surface area contributed by atoms with Crippen LogP contribution in [-0.2, 0) is 0 Å². The maximum absolute atomic E-state index is 12.5. The van der Waals surface area contributed by atoms with Gasteiger partial charge in [0.1, 0.15) is 5.58 Å². The van der Waals surface area contributed by atoms with Gasteiger partial charge >= 0.3 is 0 Å². The molecule has 3 rings (SSSR count). The third-order valence-electron chi connectivity index (χ3n) is 2.97. The first-order valence-electron chi connectivity index (χ1n) is 5.98. The number of ketones is 1. The average molecular weight is 345 g/mol. The van der Waals surface area contributed by atoms with Crippen molar-refractivity contribution in [3.63, 3.8) is 0 Å². The van der Waals surface area contributed by atoms with Crippen LogP contribution in [-0.4, -0.2) is 5.78 Å². The molecule has 2 nitrogen and oxygen atoms in total. The first-order chi connectivity index (χ1) is 9.65. The number of halogens is 1. The maximum Gasteiger partial charge on any atom is 0.202 e. The average Bonchev–Trinajstić information content (AvgIpc) is 2.47. The molecule has 0 unspecified atom stereocenters. The summed E-state index contributed by atoms with van der Waals surface area (Å²) in [6.45, 7) is 0. The molecule has 0 saturated heterocycles. The van der Waals surface area contributed by atoms with Crippen LogP contribution in [0.5, 0.6) is 0 Å². The fourth-order valence-electron chi connectivity index (χ4n) is 2.00. The first kappa shape index (κ1) is 13.2. The molecule has 0 aliphatic carbocycles. The molecule has 0 aliphatic rings. The summed E-state index contributed by atoms with van der Waals surface area (Å²) in [7, 11) is 0. The van der Waals surface area contributed by atoms with Crippen LogP contribution in [0.15, 0.2) is 63.5 Å². The molecule has 0 aliphatic heterocycles. The van der Waals surface area contributed by atoms with Crippen molar-refractivity contribution in [2.75, 3.05) is 0 Å². The lowest BCUT2D eigenvalue weighted by Crippen LogP contribution is -2.01. The molecule has 0 N–H and O–H groups in total. The second-order valence-corrected chi connectivity index (χ2v) is 5.61. The Morgan fingerprint density at radius 1 is 1.05 bits per heavy atom. The Morgan fingerprint density at radius 2 is 1.80 bits per heavy atom. The predicted octanol–water partition coefficient (Wildman–Crippen LogP) is 5.16. The predicted molar refractivity (Wildman–Crippen MR) is 84.6 cm³/mol. The van der Waals surface area contributed by atoms with Crippen LogP contribution in [0.1, 0.15) is 15.9 Å². The minimum absolute atomic E-state index is 0.124. The topological polar surface area (TPSA) is 30.2 Å². The van der Waals surface area contributed by atoms with E-state index in [2.05, 4.69) is 15.9 Å². The van der Waals surface area contributed by atoms with Crippen LogP contribution < -0.4 is 0 Å². The van der Waals surface area contributed by atoms with Crippen molar-refractivity contribution < 1.29 is 9.21 Å². The molecule has 2 aromatic carbocycles. The summed E-state index contributed by atoms with van der Waals surface area (Å²) in [6, 6.07) is 16.4. The Hall–Kier alpha value is -1.78. The van der Waals surface area contributed by atoms with Crippen molar-refractivity contribution in [3.8, 4) is 0 Å². The van der Waals surface area contributed by atoms with Gasteiger partial charge in [0.15, 0.2) is 5.78 Å². The summed E-state index contributed by atoms with van der Waals surface area (Å²) < 4.78 is 6.71. The van der Waals surface area contributed by atoms with E-state index in [4.69, 9.17) is 16.6 Å². The van der Waals surface area contributed by atoms with Crippen LogP contribution >= 0.6 is 28.1 Å². The normalized spacial score (nSPS) is 10.7. The minimum atomic E-state index is -0.124. The van der Waals surface area contributed by atoms with E-state index in [9.17, 15) is 4.79 Å². The van der Waals surface area contributed by atoms with Crippen LogP contribution in [0.3, 0.4) is 0 Å². The van der Waals surface area contributed by atoms with E-state index in [0.717, 1.165) is 9.86 Å². The van der Waals surface area contributed by atoms with E-state index in [1.165, 1.54) is 0 Å². The zero-order chi connectivity index (χ0) is 14.1. The van der Waals surface area contributed by atoms with Gasteiger partial charge in [-0.3, -0.25) is 4.79 Å². The molecule has 1 aromatic heterocycles. The first-order valence-corrected chi connectivity index (χ1v) is 7.18. The van der Waals surface area contributed by atoms with Gasteiger partial charge in [0.25, 0.3) is 0 Å². The Kier molecular flexibility index (Phi) is 3.51. The summed E-state index contributed by atoms with van der Waals surface area (Å²) in [5, 5.41) is 0.840. The van der Waals surface area contributed by atoms with E-state index < -0.39 is 0 Å². The molecule has 0 atom stereocenters. The Balaban J connectivity index is 2.19. The molecule has 20 heavy (non-hydrogen) atoms. The number of rotatable bonds is 2. The van der Waals surface area contributed by atoms with Crippen molar-refractivity contribution >= 4 is 44.9 Å². The van der Waals surface area contributed by atoms with E-state index in [0.29, 0.717) is 16.7 Å².